The molecule has 1 saturated heterocycles. The number of ketones is 1. The Hall–Kier alpha value is -2.00. The topological polar surface area (TPSA) is 136 Å². The molecular formula is C25H34O9. The summed E-state index contributed by atoms with van der Waals surface area (Å²) in [5.74, 6) is -3.05. The summed E-state index contributed by atoms with van der Waals surface area (Å²) in [5.41, 5.74) is -6.26. The van der Waals surface area contributed by atoms with Gasteiger partial charge >= 0.3 is 17.9 Å². The number of fused-ring (bicyclic) bond motifs is 4. The summed E-state index contributed by atoms with van der Waals surface area (Å²) in [4.78, 5) is 50.2. The van der Waals surface area contributed by atoms with Crippen LogP contribution >= 0.6 is 0 Å². The first-order chi connectivity index (χ1) is 15.8. The Kier molecular flexibility index (Phi) is 5.07. The second-order valence-electron chi connectivity index (χ2n) is 11.5. The smallest absolute Gasteiger partial charge is 0.313 e. The molecule has 1 spiro atoms. The summed E-state index contributed by atoms with van der Waals surface area (Å²) in [7, 11) is 0. The van der Waals surface area contributed by atoms with Gasteiger partial charge in [-0.1, -0.05) is 6.92 Å². The Morgan fingerprint density at radius 1 is 1.06 bits per heavy atom. The predicted molar refractivity (Wildman–Crippen MR) is 115 cm³/mol. The first kappa shape index (κ1) is 23.7. The molecule has 0 aromatic carbocycles. The van der Waals surface area contributed by atoms with Gasteiger partial charge in [-0.2, -0.15) is 0 Å². The zero-order chi connectivity index (χ0) is 24.8. The number of esters is 3. The van der Waals surface area contributed by atoms with Crippen LogP contribution in [-0.2, 0) is 33.4 Å². The summed E-state index contributed by atoms with van der Waals surface area (Å²) in [6, 6.07) is 0. The fraction of sp³-hybridized carbons (Fsp3) is 0.840. The molecule has 9 heteroatoms. The molecule has 5 aliphatic rings. The average Bonchev–Trinajstić information content (AvgIpc) is 3.23. The highest BCUT2D eigenvalue weighted by Gasteiger charge is 2.84. The highest BCUT2D eigenvalue weighted by atomic mass is 16.6. The van der Waals surface area contributed by atoms with E-state index in [0.29, 0.717) is 19.3 Å². The van der Waals surface area contributed by atoms with Gasteiger partial charge in [-0.25, -0.2) is 0 Å². The lowest BCUT2D eigenvalue weighted by atomic mass is 9.39. The van der Waals surface area contributed by atoms with Crippen molar-refractivity contribution in [2.75, 3.05) is 0 Å². The molecule has 4 saturated carbocycles. The van der Waals surface area contributed by atoms with Crippen LogP contribution in [0.4, 0.5) is 0 Å². The molecular weight excluding hydrogens is 444 g/mol. The van der Waals surface area contributed by atoms with Crippen molar-refractivity contribution in [2.24, 2.45) is 28.6 Å². The van der Waals surface area contributed by atoms with E-state index >= 15 is 0 Å². The molecule has 10 atom stereocenters. The Bertz CT molecular complexity index is 962. The van der Waals surface area contributed by atoms with Gasteiger partial charge in [-0.3, -0.25) is 19.2 Å². The molecule has 1 heterocycles. The molecule has 34 heavy (non-hydrogen) atoms. The van der Waals surface area contributed by atoms with Gasteiger partial charge in [0.2, 0.25) is 0 Å². The second-order valence-corrected chi connectivity index (χ2v) is 11.5. The van der Waals surface area contributed by atoms with Gasteiger partial charge in [0.1, 0.15) is 35.3 Å². The Labute approximate surface area is 198 Å². The van der Waals surface area contributed by atoms with E-state index in [-0.39, 0.29) is 49.4 Å². The lowest BCUT2D eigenvalue weighted by Gasteiger charge is -2.70. The van der Waals surface area contributed by atoms with Crippen LogP contribution in [0.25, 0.3) is 0 Å². The first-order valence-electron chi connectivity index (χ1n) is 12.3. The quantitative estimate of drug-likeness (QED) is 0.446. The normalized spacial score (nSPS) is 51.5. The molecule has 4 unspecified atom stereocenters. The summed E-state index contributed by atoms with van der Waals surface area (Å²) in [6.45, 7) is 6.10. The maximum absolute atomic E-state index is 13.4. The van der Waals surface area contributed by atoms with Crippen molar-refractivity contribution < 1.29 is 43.6 Å². The Morgan fingerprint density at radius 3 is 2.35 bits per heavy atom. The van der Waals surface area contributed by atoms with Crippen molar-refractivity contribution in [3.05, 3.63) is 0 Å². The minimum Gasteiger partial charge on any atom is -0.462 e. The van der Waals surface area contributed by atoms with E-state index in [1.165, 1.54) is 13.8 Å². The number of carbonyl (C=O) groups is 4. The largest absolute Gasteiger partial charge is 0.462 e. The average molecular weight is 479 g/mol. The summed E-state index contributed by atoms with van der Waals surface area (Å²) >= 11 is 0. The molecule has 5 rings (SSSR count). The van der Waals surface area contributed by atoms with E-state index in [4.69, 9.17) is 14.2 Å². The molecule has 0 aromatic heterocycles. The highest BCUT2D eigenvalue weighted by molar-refractivity contribution is 5.82. The fourth-order valence-electron chi connectivity index (χ4n) is 8.84. The van der Waals surface area contributed by atoms with Crippen molar-refractivity contribution in [3.8, 4) is 0 Å². The Morgan fingerprint density at radius 2 is 1.71 bits per heavy atom. The third-order valence-electron chi connectivity index (χ3n) is 10.2. The fourth-order valence-corrected chi connectivity index (χ4v) is 8.84. The van der Waals surface area contributed by atoms with E-state index in [9.17, 15) is 29.4 Å². The number of cyclic esters (lactones) is 1. The molecule has 5 fully saturated rings. The van der Waals surface area contributed by atoms with E-state index in [2.05, 4.69) is 0 Å². The highest BCUT2D eigenvalue weighted by Crippen LogP contribution is 2.73. The monoisotopic (exact) mass is 478 g/mol. The van der Waals surface area contributed by atoms with Gasteiger partial charge in [0.25, 0.3) is 0 Å². The van der Waals surface area contributed by atoms with Crippen LogP contribution in [0.3, 0.4) is 0 Å². The van der Waals surface area contributed by atoms with Crippen molar-refractivity contribution in [2.45, 2.75) is 102 Å². The number of aliphatic hydroxyl groups is 2. The molecule has 1 aliphatic heterocycles. The second kappa shape index (κ2) is 7.26. The number of rotatable bonds is 2. The van der Waals surface area contributed by atoms with Crippen molar-refractivity contribution in [3.63, 3.8) is 0 Å². The van der Waals surface area contributed by atoms with Crippen LogP contribution in [-0.4, -0.2) is 63.4 Å². The number of hydrogen-bond donors (Lipinski definition) is 2. The maximum Gasteiger partial charge on any atom is 0.313 e. The van der Waals surface area contributed by atoms with E-state index in [1.807, 2.05) is 13.8 Å². The van der Waals surface area contributed by atoms with Gasteiger partial charge < -0.3 is 24.4 Å². The molecule has 188 valence electrons. The Balaban J connectivity index is 1.75. The van der Waals surface area contributed by atoms with Crippen LogP contribution < -0.4 is 0 Å². The molecule has 9 nitrogen and oxygen atoms in total. The lowest BCUT2D eigenvalue weighted by Crippen LogP contribution is -2.84. The summed E-state index contributed by atoms with van der Waals surface area (Å²) < 4.78 is 17.0. The van der Waals surface area contributed by atoms with Crippen molar-refractivity contribution in [1.82, 2.24) is 0 Å². The molecule has 0 radical (unpaired) electrons. The third-order valence-corrected chi connectivity index (χ3v) is 10.2. The summed E-state index contributed by atoms with van der Waals surface area (Å²) in [5, 5.41) is 25.4. The molecule has 0 bridgehead atoms. The molecule has 2 N–H and O–H groups in total. The zero-order valence-corrected chi connectivity index (χ0v) is 20.2. The third kappa shape index (κ3) is 2.63. The standard InChI is InChI=1S/C25H34O9/c1-12-17-5-6-18-23(17,21(29)32-12)11-20(34-14(3)27)25(31)22(4)8-7-16(28)9-15(22)10-19(24(18,25)30)33-13(2)26/h12,15,17-20,30-31H,5-11H2,1-4H3/t12?,15?,17-,18-,19?,20?,22+,23+,24+,25+/m1/s1. The van der Waals surface area contributed by atoms with Gasteiger partial charge in [0.05, 0.1) is 5.41 Å². The number of carbonyl (C=O) groups excluding carboxylic acids is 4. The lowest BCUT2D eigenvalue weighted by molar-refractivity contribution is -0.367. The van der Waals surface area contributed by atoms with Crippen LogP contribution in [0.15, 0.2) is 0 Å². The first-order valence-corrected chi connectivity index (χ1v) is 12.3. The number of hydrogen-bond acceptors (Lipinski definition) is 9. The van der Waals surface area contributed by atoms with E-state index in [1.54, 1.807) is 0 Å². The molecule has 4 aliphatic carbocycles. The number of Topliss-reactive ketones (excluding diaryl/α,β-unsaturated/α-hetero) is 1. The minimum atomic E-state index is -2.07. The SMILES string of the molecule is CC(=O)OC1C[C@]23C(=O)OC(C)[C@H]2CC[C@H]3[C@]2(O)C(OC(C)=O)CC3CC(=O)CC[C@]3(C)[C@@]12O. The van der Waals surface area contributed by atoms with Gasteiger partial charge in [0.15, 0.2) is 0 Å². The van der Waals surface area contributed by atoms with Gasteiger partial charge in [0, 0.05) is 50.4 Å². The molecule has 0 amide bonds. The van der Waals surface area contributed by atoms with Crippen LogP contribution in [0.5, 0.6) is 0 Å². The summed E-state index contributed by atoms with van der Waals surface area (Å²) in [6.07, 6.45) is -0.847. The predicted octanol–water partition coefficient (Wildman–Crippen LogP) is 1.45. The van der Waals surface area contributed by atoms with Crippen molar-refractivity contribution in [1.29, 1.82) is 0 Å². The van der Waals surface area contributed by atoms with Gasteiger partial charge in [-0.15, -0.1) is 0 Å². The minimum absolute atomic E-state index is 0.0208. The van der Waals surface area contributed by atoms with Crippen LogP contribution in [0.1, 0.15) is 72.6 Å². The molecule has 0 aromatic rings. The van der Waals surface area contributed by atoms with Gasteiger partial charge in [-0.05, 0) is 38.5 Å². The zero-order valence-electron chi connectivity index (χ0n) is 20.2. The maximum atomic E-state index is 13.4. The van der Waals surface area contributed by atoms with Crippen LogP contribution in [0, 0.1) is 28.6 Å². The van der Waals surface area contributed by atoms with Crippen molar-refractivity contribution >= 4 is 23.7 Å². The van der Waals surface area contributed by atoms with E-state index < -0.39 is 58.1 Å². The van der Waals surface area contributed by atoms with E-state index in [0.717, 1.165) is 0 Å². The number of ether oxygens (including phenoxy) is 3. The van der Waals surface area contributed by atoms with Crippen LogP contribution in [0.2, 0.25) is 0 Å².